The number of rotatable bonds is 6. The minimum Gasteiger partial charge on any atom is -0.493 e. The van der Waals surface area contributed by atoms with Crippen LogP contribution in [0, 0.1) is 12.0 Å². The van der Waals surface area contributed by atoms with Crippen molar-refractivity contribution in [3.8, 4) is 16.9 Å². The molecule has 0 saturated carbocycles. The van der Waals surface area contributed by atoms with E-state index >= 15 is 0 Å². The highest BCUT2D eigenvalue weighted by molar-refractivity contribution is 6.33. The zero-order valence-electron chi connectivity index (χ0n) is 16.2. The van der Waals surface area contributed by atoms with Gasteiger partial charge in [-0.05, 0) is 37.5 Å². The zero-order chi connectivity index (χ0) is 20.8. The molecule has 1 unspecified atom stereocenters. The third-order valence-electron chi connectivity index (χ3n) is 4.93. The molecule has 151 valence electrons. The van der Waals surface area contributed by atoms with Crippen molar-refractivity contribution in [1.82, 2.24) is 4.90 Å². The Labute approximate surface area is 175 Å². The molecule has 0 aromatic heterocycles. The maximum absolute atomic E-state index is 12.6. The first-order chi connectivity index (χ1) is 14.0. The predicted molar refractivity (Wildman–Crippen MR) is 113 cm³/mol. The molecule has 6 heteroatoms. The number of ether oxygens (including phenoxy) is 1. The van der Waals surface area contributed by atoms with Crippen LogP contribution < -0.4 is 4.74 Å². The van der Waals surface area contributed by atoms with Crippen LogP contribution in [0.4, 0.5) is 0 Å². The average molecular weight is 413 g/mol. The molecule has 1 N–H and O–H groups in total. The fourth-order valence-corrected chi connectivity index (χ4v) is 3.77. The molecule has 5 nitrogen and oxygen atoms in total. The molecular formula is C23H23ClNO4. The molecule has 1 heterocycles. The summed E-state index contributed by atoms with van der Waals surface area (Å²) in [7, 11) is 0. The summed E-state index contributed by atoms with van der Waals surface area (Å²) in [6.45, 7) is 3.24. The van der Waals surface area contributed by atoms with Crippen molar-refractivity contribution in [3.05, 3.63) is 59.1 Å². The number of amides is 1. The van der Waals surface area contributed by atoms with E-state index in [2.05, 4.69) is 6.07 Å². The molecule has 0 aliphatic carbocycles. The van der Waals surface area contributed by atoms with Crippen molar-refractivity contribution >= 4 is 29.6 Å². The van der Waals surface area contributed by atoms with Crippen LogP contribution in [0.1, 0.15) is 25.3 Å². The zero-order valence-corrected chi connectivity index (χ0v) is 17.0. The van der Waals surface area contributed by atoms with Crippen LogP contribution in [0.3, 0.4) is 0 Å². The molecule has 1 amide bonds. The number of hydrogen-bond donors (Lipinski definition) is 1. The molecule has 2 aromatic rings. The highest BCUT2D eigenvalue weighted by atomic mass is 35.5. The maximum Gasteiger partial charge on any atom is 0.308 e. The van der Waals surface area contributed by atoms with E-state index in [9.17, 15) is 14.7 Å². The molecule has 29 heavy (non-hydrogen) atoms. The largest absolute Gasteiger partial charge is 0.493 e. The van der Waals surface area contributed by atoms with Crippen LogP contribution >= 0.6 is 11.6 Å². The van der Waals surface area contributed by atoms with Crippen LogP contribution in [0.5, 0.6) is 5.75 Å². The topological polar surface area (TPSA) is 66.8 Å². The Morgan fingerprint density at radius 3 is 2.90 bits per heavy atom. The predicted octanol–water partition coefficient (Wildman–Crippen LogP) is 4.54. The molecule has 1 atom stereocenters. The Kier molecular flexibility index (Phi) is 6.94. The van der Waals surface area contributed by atoms with E-state index in [1.54, 1.807) is 17.0 Å². The number of halogens is 1. The molecular weight excluding hydrogens is 390 g/mol. The third-order valence-corrected chi connectivity index (χ3v) is 5.22. The van der Waals surface area contributed by atoms with E-state index in [0.29, 0.717) is 36.8 Å². The summed E-state index contributed by atoms with van der Waals surface area (Å²) in [4.78, 5) is 25.4. The van der Waals surface area contributed by atoms with E-state index < -0.39 is 11.9 Å². The first-order valence-corrected chi connectivity index (χ1v) is 10.0. The van der Waals surface area contributed by atoms with Gasteiger partial charge in [0.25, 0.3) is 0 Å². The van der Waals surface area contributed by atoms with E-state index in [4.69, 9.17) is 16.3 Å². The summed E-state index contributed by atoms with van der Waals surface area (Å²) in [5.41, 5.74) is 2.33. The smallest absolute Gasteiger partial charge is 0.308 e. The quantitative estimate of drug-likeness (QED) is 0.707. The average Bonchev–Trinajstić information content (AvgIpc) is 2.73. The third kappa shape index (κ3) is 4.98. The highest BCUT2D eigenvalue weighted by Crippen LogP contribution is 2.37. The molecule has 2 aromatic carbocycles. The van der Waals surface area contributed by atoms with E-state index in [1.807, 2.05) is 37.3 Å². The monoisotopic (exact) mass is 412 g/mol. The number of nitrogens with zero attached hydrogens (tertiary/aromatic N) is 1. The van der Waals surface area contributed by atoms with E-state index in [0.717, 1.165) is 16.7 Å². The van der Waals surface area contributed by atoms with Crippen LogP contribution in [0.25, 0.3) is 17.2 Å². The van der Waals surface area contributed by atoms with Crippen molar-refractivity contribution in [2.45, 2.75) is 19.8 Å². The van der Waals surface area contributed by atoms with Gasteiger partial charge >= 0.3 is 5.97 Å². The normalized spacial score (nSPS) is 16.8. The van der Waals surface area contributed by atoms with Gasteiger partial charge in [0.05, 0.1) is 17.5 Å². The second-order valence-corrected chi connectivity index (χ2v) is 7.22. The number of benzene rings is 2. The number of aliphatic carboxylic acids is 1. The van der Waals surface area contributed by atoms with Gasteiger partial charge < -0.3 is 14.7 Å². The lowest BCUT2D eigenvalue weighted by Gasteiger charge is -2.29. The molecule has 1 fully saturated rings. The molecule has 1 aliphatic heterocycles. The van der Waals surface area contributed by atoms with Gasteiger partial charge in [-0.3, -0.25) is 9.59 Å². The summed E-state index contributed by atoms with van der Waals surface area (Å²) >= 11 is 6.45. The summed E-state index contributed by atoms with van der Waals surface area (Å²) < 4.78 is 5.73. The highest BCUT2D eigenvalue weighted by Gasteiger charge is 2.27. The van der Waals surface area contributed by atoms with Gasteiger partial charge in [0, 0.05) is 36.4 Å². The number of carboxylic acids is 1. The lowest BCUT2D eigenvalue weighted by Crippen LogP contribution is -2.41. The number of hydrogen-bond acceptors (Lipinski definition) is 3. The van der Waals surface area contributed by atoms with Crippen LogP contribution in [-0.2, 0) is 9.59 Å². The fourth-order valence-electron chi connectivity index (χ4n) is 3.50. The fraction of sp³-hybridized carbons (Fsp3) is 0.304. The lowest BCUT2D eigenvalue weighted by atomic mass is 9.97. The van der Waals surface area contributed by atoms with Gasteiger partial charge in [-0.15, -0.1) is 0 Å². The minimum absolute atomic E-state index is 0.205. The molecule has 0 bridgehead atoms. The Bertz CT molecular complexity index is 925. The van der Waals surface area contributed by atoms with Crippen LogP contribution in [0.2, 0.25) is 5.02 Å². The van der Waals surface area contributed by atoms with Crippen LogP contribution in [-0.4, -0.2) is 41.6 Å². The molecule has 0 spiro atoms. The Balaban J connectivity index is 1.88. The first-order valence-electron chi connectivity index (χ1n) is 9.63. The molecule has 3 rings (SSSR count). The van der Waals surface area contributed by atoms with Crippen molar-refractivity contribution in [2.24, 2.45) is 5.92 Å². The van der Waals surface area contributed by atoms with Gasteiger partial charge in [-0.1, -0.05) is 41.9 Å². The number of piperidine rings is 1. The molecule has 1 saturated heterocycles. The van der Waals surface area contributed by atoms with Gasteiger partial charge in [0.2, 0.25) is 5.91 Å². The van der Waals surface area contributed by atoms with Crippen molar-refractivity contribution in [3.63, 3.8) is 0 Å². The van der Waals surface area contributed by atoms with Crippen molar-refractivity contribution in [2.75, 3.05) is 19.7 Å². The van der Waals surface area contributed by atoms with Gasteiger partial charge in [0.1, 0.15) is 5.75 Å². The number of para-hydroxylation sites is 1. The van der Waals surface area contributed by atoms with Gasteiger partial charge in [0.15, 0.2) is 0 Å². The Hall–Kier alpha value is -2.79. The summed E-state index contributed by atoms with van der Waals surface area (Å²) in [6, 6.07) is 14.1. The summed E-state index contributed by atoms with van der Waals surface area (Å²) in [5.74, 6) is -0.857. The second-order valence-electron chi connectivity index (χ2n) is 6.85. The lowest BCUT2D eigenvalue weighted by molar-refractivity contribution is -0.144. The minimum atomic E-state index is -0.855. The molecule has 1 aliphatic rings. The number of carbonyl (C=O) groups excluding carboxylic acids is 1. The summed E-state index contributed by atoms with van der Waals surface area (Å²) in [6.07, 6.45) is 4.48. The van der Waals surface area contributed by atoms with E-state index in [1.165, 1.54) is 6.08 Å². The van der Waals surface area contributed by atoms with E-state index in [-0.39, 0.29) is 12.5 Å². The SMILES string of the molecule is CCOc1ccccc1-c1c(Cl)[c]ccc1/C=C/C(=O)N1CCCC(C(=O)O)C1. The molecule has 1 radical (unpaired) electrons. The number of carbonyl (C=O) groups is 2. The second kappa shape index (κ2) is 9.61. The standard InChI is InChI=1S/C23H23ClNO4/c1-2-29-20-11-4-3-9-18(20)22-16(7-5-10-19(22)24)12-13-21(26)25-14-6-8-17(15-25)23(27)28/h3-5,7,9,11-13,17H,2,6,8,14-15H2,1H3,(H,27,28)/b13-12+. The van der Waals surface area contributed by atoms with Gasteiger partial charge in [-0.2, -0.15) is 0 Å². The van der Waals surface area contributed by atoms with Gasteiger partial charge in [-0.25, -0.2) is 0 Å². The van der Waals surface area contributed by atoms with Crippen LogP contribution in [0.15, 0.2) is 42.5 Å². The Morgan fingerprint density at radius 2 is 2.14 bits per heavy atom. The van der Waals surface area contributed by atoms with Crippen molar-refractivity contribution in [1.29, 1.82) is 0 Å². The Morgan fingerprint density at radius 1 is 1.34 bits per heavy atom. The summed E-state index contributed by atoms with van der Waals surface area (Å²) in [5, 5.41) is 9.66. The number of carboxylic acid groups (broad SMARTS) is 1. The first kappa shape index (κ1) is 20.9. The van der Waals surface area contributed by atoms with Crippen molar-refractivity contribution < 1.29 is 19.4 Å². The number of likely N-dealkylation sites (tertiary alicyclic amines) is 1. The maximum atomic E-state index is 12.6.